The fraction of sp³-hybridized carbons (Fsp3) is 0. The van der Waals surface area contributed by atoms with Crippen LogP contribution in [0.1, 0.15) is 20.7 Å². The fourth-order valence-corrected chi connectivity index (χ4v) is 4.24. The Kier molecular flexibility index (Phi) is 5.63. The van der Waals surface area contributed by atoms with Crippen molar-refractivity contribution in [1.82, 2.24) is 9.97 Å². The number of nitrogens with one attached hydrogen (secondary N) is 5. The van der Waals surface area contributed by atoms with Gasteiger partial charge in [0.25, 0.3) is 11.8 Å². The van der Waals surface area contributed by atoms with Crippen LogP contribution in [0.2, 0.25) is 0 Å². The van der Waals surface area contributed by atoms with E-state index in [4.69, 9.17) is 0 Å². The molecule has 0 fully saturated rings. The van der Waals surface area contributed by atoms with E-state index in [1.165, 1.54) is 0 Å². The van der Waals surface area contributed by atoms with Crippen molar-refractivity contribution < 1.29 is 9.59 Å². The standard InChI is InChI=1S/C30H23N5O2/c36-29(21-1-11-27-19(17-21)13-15-31-27)34-25-7-3-23(4-8-25)33-24-5-9-26(10-6-24)35-30(37)22-2-12-28-20(18-22)14-16-32-28/h1-18,31-33H,(H,34,36)(H,35,37). The molecule has 0 saturated heterocycles. The number of carbonyl (C=O) groups is 2. The molecule has 6 aromatic rings. The minimum Gasteiger partial charge on any atom is -0.361 e. The summed E-state index contributed by atoms with van der Waals surface area (Å²) in [5.74, 6) is -0.316. The van der Waals surface area contributed by atoms with E-state index in [-0.39, 0.29) is 11.8 Å². The zero-order valence-corrected chi connectivity index (χ0v) is 19.7. The molecule has 0 saturated carbocycles. The molecule has 0 bridgehead atoms. The lowest BCUT2D eigenvalue weighted by Crippen LogP contribution is -2.11. The molecule has 0 spiro atoms. The first-order valence-corrected chi connectivity index (χ1v) is 11.8. The molecule has 2 amide bonds. The van der Waals surface area contributed by atoms with E-state index < -0.39 is 0 Å². The van der Waals surface area contributed by atoms with Gasteiger partial charge in [-0.05, 0) is 97.1 Å². The number of H-pyrrole nitrogens is 2. The molecule has 7 nitrogen and oxygen atoms in total. The number of aromatic nitrogens is 2. The first-order valence-electron chi connectivity index (χ1n) is 11.8. The monoisotopic (exact) mass is 485 g/mol. The largest absolute Gasteiger partial charge is 0.361 e. The Labute approximate surface area is 212 Å². The average Bonchev–Trinajstić information content (AvgIpc) is 3.59. The van der Waals surface area contributed by atoms with E-state index in [1.807, 2.05) is 97.3 Å². The molecule has 7 heteroatoms. The summed E-state index contributed by atoms with van der Waals surface area (Å²) >= 11 is 0. The van der Waals surface area contributed by atoms with Crippen molar-refractivity contribution in [2.45, 2.75) is 0 Å². The fourth-order valence-electron chi connectivity index (χ4n) is 4.24. The molecule has 5 N–H and O–H groups in total. The quantitative estimate of drug-likeness (QED) is 0.177. The van der Waals surface area contributed by atoms with E-state index >= 15 is 0 Å². The molecule has 37 heavy (non-hydrogen) atoms. The lowest BCUT2D eigenvalue weighted by Gasteiger charge is -2.10. The van der Waals surface area contributed by atoms with Crippen molar-refractivity contribution in [3.05, 3.63) is 121 Å². The summed E-state index contributed by atoms with van der Waals surface area (Å²) in [5, 5.41) is 11.2. The van der Waals surface area contributed by atoms with Crippen LogP contribution in [-0.4, -0.2) is 21.8 Å². The highest BCUT2D eigenvalue weighted by Crippen LogP contribution is 2.22. The van der Waals surface area contributed by atoms with Gasteiger partial charge in [0.1, 0.15) is 0 Å². The summed E-state index contributed by atoms with van der Waals surface area (Å²) in [6.45, 7) is 0. The van der Waals surface area contributed by atoms with Crippen molar-refractivity contribution in [1.29, 1.82) is 0 Å². The summed E-state index contributed by atoms with van der Waals surface area (Å²) in [7, 11) is 0. The average molecular weight is 486 g/mol. The topological polar surface area (TPSA) is 102 Å². The zero-order chi connectivity index (χ0) is 25.2. The van der Waals surface area contributed by atoms with Crippen LogP contribution in [0.5, 0.6) is 0 Å². The van der Waals surface area contributed by atoms with Gasteiger partial charge in [-0.15, -0.1) is 0 Å². The molecule has 0 aliphatic rings. The molecule has 4 aromatic carbocycles. The van der Waals surface area contributed by atoms with Gasteiger partial charge in [-0.2, -0.15) is 0 Å². The first-order chi connectivity index (χ1) is 18.1. The molecule has 0 aliphatic heterocycles. The number of carbonyl (C=O) groups excluding carboxylic acids is 2. The minimum absolute atomic E-state index is 0.158. The number of rotatable bonds is 6. The second-order valence-electron chi connectivity index (χ2n) is 8.75. The molecule has 6 rings (SSSR count). The first kappa shape index (κ1) is 22.2. The summed E-state index contributed by atoms with van der Waals surface area (Å²) in [6.07, 6.45) is 3.71. The van der Waals surface area contributed by atoms with Gasteiger partial charge in [-0.25, -0.2) is 0 Å². The van der Waals surface area contributed by atoms with Crippen molar-refractivity contribution in [3.63, 3.8) is 0 Å². The molecular weight excluding hydrogens is 462 g/mol. The van der Waals surface area contributed by atoms with Crippen molar-refractivity contribution in [3.8, 4) is 0 Å². The van der Waals surface area contributed by atoms with E-state index in [1.54, 1.807) is 12.1 Å². The van der Waals surface area contributed by atoms with Crippen LogP contribution in [-0.2, 0) is 0 Å². The van der Waals surface area contributed by atoms with E-state index in [0.29, 0.717) is 22.5 Å². The Balaban J connectivity index is 1.06. The van der Waals surface area contributed by atoms with Gasteiger partial charge in [-0.3, -0.25) is 9.59 Å². The lowest BCUT2D eigenvalue weighted by molar-refractivity contribution is 0.101. The smallest absolute Gasteiger partial charge is 0.255 e. The summed E-state index contributed by atoms with van der Waals surface area (Å²) in [4.78, 5) is 31.5. The molecule has 0 radical (unpaired) electrons. The normalized spacial score (nSPS) is 10.9. The Bertz CT molecular complexity index is 1600. The Morgan fingerprint density at radius 1 is 0.486 bits per heavy atom. The number of fused-ring (bicyclic) bond motifs is 2. The van der Waals surface area contributed by atoms with Crippen molar-refractivity contribution in [2.75, 3.05) is 16.0 Å². The Hall–Kier alpha value is -5.30. The van der Waals surface area contributed by atoms with Gasteiger partial charge >= 0.3 is 0 Å². The number of aromatic amines is 2. The number of hydrogen-bond donors (Lipinski definition) is 5. The van der Waals surface area contributed by atoms with Gasteiger partial charge in [-0.1, -0.05) is 0 Å². The second kappa shape index (κ2) is 9.39. The van der Waals surface area contributed by atoms with Gasteiger partial charge in [0.15, 0.2) is 0 Å². The third-order valence-electron chi connectivity index (χ3n) is 6.21. The van der Waals surface area contributed by atoms with Crippen molar-refractivity contribution >= 4 is 56.4 Å². The summed E-state index contributed by atoms with van der Waals surface area (Å²) < 4.78 is 0. The molecule has 2 heterocycles. The van der Waals surface area contributed by atoms with E-state index in [0.717, 1.165) is 33.2 Å². The van der Waals surface area contributed by atoms with Crippen LogP contribution >= 0.6 is 0 Å². The number of amides is 2. The highest BCUT2D eigenvalue weighted by atomic mass is 16.2. The summed E-state index contributed by atoms with van der Waals surface area (Å²) in [6, 6.07) is 30.0. The predicted molar refractivity (Wildman–Crippen MR) is 149 cm³/mol. The highest BCUT2D eigenvalue weighted by molar-refractivity contribution is 6.07. The van der Waals surface area contributed by atoms with Gasteiger partial charge in [0.05, 0.1) is 0 Å². The third kappa shape index (κ3) is 4.78. The highest BCUT2D eigenvalue weighted by Gasteiger charge is 2.09. The van der Waals surface area contributed by atoms with Gasteiger partial charge in [0, 0.05) is 68.1 Å². The van der Waals surface area contributed by atoms with Crippen LogP contribution in [0.15, 0.2) is 109 Å². The van der Waals surface area contributed by atoms with Gasteiger partial charge in [0.2, 0.25) is 0 Å². The van der Waals surface area contributed by atoms with Gasteiger partial charge < -0.3 is 25.9 Å². The zero-order valence-electron chi connectivity index (χ0n) is 19.7. The number of benzene rings is 4. The maximum atomic E-state index is 12.6. The molecule has 0 unspecified atom stereocenters. The molecule has 2 aromatic heterocycles. The second-order valence-corrected chi connectivity index (χ2v) is 8.75. The molecule has 0 atom stereocenters. The molecular formula is C30H23N5O2. The summed E-state index contributed by atoms with van der Waals surface area (Å²) in [5.41, 5.74) is 6.37. The van der Waals surface area contributed by atoms with Crippen LogP contribution in [0.25, 0.3) is 21.8 Å². The van der Waals surface area contributed by atoms with Crippen LogP contribution in [0, 0.1) is 0 Å². The van der Waals surface area contributed by atoms with Crippen LogP contribution < -0.4 is 16.0 Å². The Morgan fingerprint density at radius 3 is 1.32 bits per heavy atom. The van der Waals surface area contributed by atoms with E-state index in [2.05, 4.69) is 25.9 Å². The van der Waals surface area contributed by atoms with E-state index in [9.17, 15) is 9.59 Å². The molecule has 180 valence electrons. The number of hydrogen-bond acceptors (Lipinski definition) is 3. The predicted octanol–water partition coefficient (Wildman–Crippen LogP) is 6.90. The lowest BCUT2D eigenvalue weighted by atomic mass is 10.1. The SMILES string of the molecule is O=C(Nc1ccc(Nc2ccc(NC(=O)c3ccc4[nH]ccc4c3)cc2)cc1)c1ccc2[nH]ccc2c1. The van der Waals surface area contributed by atoms with Crippen LogP contribution in [0.3, 0.4) is 0 Å². The minimum atomic E-state index is -0.158. The Morgan fingerprint density at radius 2 is 0.892 bits per heavy atom. The number of anilines is 4. The third-order valence-corrected chi connectivity index (χ3v) is 6.21. The maximum Gasteiger partial charge on any atom is 0.255 e. The molecule has 0 aliphatic carbocycles. The maximum absolute atomic E-state index is 12.6. The van der Waals surface area contributed by atoms with Crippen molar-refractivity contribution in [2.24, 2.45) is 0 Å². The van der Waals surface area contributed by atoms with Crippen LogP contribution in [0.4, 0.5) is 22.7 Å².